The van der Waals surface area contributed by atoms with Crippen molar-refractivity contribution >= 4 is 0 Å². The summed E-state index contributed by atoms with van der Waals surface area (Å²) >= 11 is 0. The number of hydrogen-bond acceptors (Lipinski definition) is 4. The number of hydrogen-bond donors (Lipinski definition) is 0. The van der Waals surface area contributed by atoms with Gasteiger partial charge in [-0.3, -0.25) is 0 Å². The van der Waals surface area contributed by atoms with Gasteiger partial charge in [-0.15, -0.1) is 0 Å². The highest BCUT2D eigenvalue weighted by molar-refractivity contribution is 5.15. The molecule has 2 aromatic carbocycles. The normalized spacial score (nSPS) is 30.2. The van der Waals surface area contributed by atoms with E-state index in [0.717, 1.165) is 0 Å². The molecule has 132 valence electrons. The fourth-order valence-electron chi connectivity index (χ4n) is 3.64. The molecule has 0 amide bonds. The molecule has 4 rings (SSSR count). The van der Waals surface area contributed by atoms with E-state index in [1.807, 2.05) is 36.4 Å². The van der Waals surface area contributed by atoms with Crippen LogP contribution in [0.4, 0.5) is 0 Å². The predicted octanol–water partition coefficient (Wildman–Crippen LogP) is 3.41. The van der Waals surface area contributed by atoms with Gasteiger partial charge in [0.2, 0.25) is 0 Å². The Morgan fingerprint density at radius 1 is 0.880 bits per heavy atom. The van der Waals surface area contributed by atoms with Crippen molar-refractivity contribution in [2.24, 2.45) is 11.8 Å². The number of ether oxygens (including phenoxy) is 4. The van der Waals surface area contributed by atoms with Gasteiger partial charge < -0.3 is 18.9 Å². The molecule has 1 saturated carbocycles. The topological polar surface area (TPSA) is 36.9 Å². The van der Waals surface area contributed by atoms with Crippen molar-refractivity contribution < 1.29 is 18.9 Å². The number of rotatable bonds is 8. The summed E-state index contributed by atoms with van der Waals surface area (Å²) in [6, 6.07) is 20.4. The maximum Gasteiger partial charge on any atom is 0.184 e. The van der Waals surface area contributed by atoms with Gasteiger partial charge in [0.25, 0.3) is 0 Å². The molecule has 2 aromatic rings. The van der Waals surface area contributed by atoms with Crippen molar-refractivity contribution in [2.45, 2.75) is 31.7 Å². The van der Waals surface area contributed by atoms with E-state index < -0.39 is 0 Å². The Balaban J connectivity index is 1.28. The lowest BCUT2D eigenvalue weighted by Crippen LogP contribution is -2.32. The van der Waals surface area contributed by atoms with Crippen LogP contribution in [0.5, 0.6) is 0 Å². The summed E-state index contributed by atoms with van der Waals surface area (Å²) < 4.78 is 23.4. The lowest BCUT2D eigenvalue weighted by atomic mass is 10.2. The van der Waals surface area contributed by atoms with Crippen molar-refractivity contribution in [3.63, 3.8) is 0 Å². The van der Waals surface area contributed by atoms with Crippen LogP contribution in [0.3, 0.4) is 0 Å². The monoisotopic (exact) mass is 340 g/mol. The Morgan fingerprint density at radius 2 is 1.52 bits per heavy atom. The lowest BCUT2D eigenvalue weighted by molar-refractivity contribution is -0.180. The SMILES string of the molecule is CO[C@H]1O[C@@H]2[C@@H](COCc3ccccc3)[C@@H]2[C@H]1OCc1ccccc1. The van der Waals surface area contributed by atoms with Gasteiger partial charge in [-0.25, -0.2) is 0 Å². The van der Waals surface area contributed by atoms with E-state index in [4.69, 9.17) is 18.9 Å². The number of benzene rings is 2. The van der Waals surface area contributed by atoms with E-state index in [1.165, 1.54) is 11.1 Å². The van der Waals surface area contributed by atoms with Crippen LogP contribution in [-0.4, -0.2) is 32.2 Å². The maximum absolute atomic E-state index is 6.14. The fraction of sp³-hybridized carbons (Fsp3) is 0.429. The highest BCUT2D eigenvalue weighted by Gasteiger charge is 2.64. The van der Waals surface area contributed by atoms with Crippen molar-refractivity contribution in [3.8, 4) is 0 Å². The first-order valence-corrected chi connectivity index (χ1v) is 8.82. The van der Waals surface area contributed by atoms with E-state index >= 15 is 0 Å². The molecule has 2 fully saturated rings. The van der Waals surface area contributed by atoms with Crippen LogP contribution >= 0.6 is 0 Å². The summed E-state index contributed by atoms with van der Waals surface area (Å²) in [5.74, 6) is 0.764. The highest BCUT2D eigenvalue weighted by Crippen LogP contribution is 2.53. The molecule has 25 heavy (non-hydrogen) atoms. The third-order valence-corrected chi connectivity index (χ3v) is 5.03. The van der Waals surface area contributed by atoms with Crippen LogP contribution in [0.2, 0.25) is 0 Å². The minimum atomic E-state index is -0.274. The zero-order valence-corrected chi connectivity index (χ0v) is 14.4. The van der Waals surface area contributed by atoms with Gasteiger partial charge in [0.05, 0.1) is 25.9 Å². The van der Waals surface area contributed by atoms with Gasteiger partial charge >= 0.3 is 0 Å². The van der Waals surface area contributed by atoms with Crippen molar-refractivity contribution in [3.05, 3.63) is 71.8 Å². The van der Waals surface area contributed by atoms with Crippen molar-refractivity contribution in [2.75, 3.05) is 13.7 Å². The van der Waals surface area contributed by atoms with Crippen LogP contribution in [0.15, 0.2) is 60.7 Å². The van der Waals surface area contributed by atoms with Crippen molar-refractivity contribution in [1.29, 1.82) is 0 Å². The molecular weight excluding hydrogens is 316 g/mol. The molecule has 1 saturated heterocycles. The number of methoxy groups -OCH3 is 1. The van der Waals surface area contributed by atoms with Gasteiger partial charge in [0.15, 0.2) is 6.29 Å². The zero-order chi connectivity index (χ0) is 17.1. The third kappa shape index (κ3) is 3.77. The second kappa shape index (κ2) is 7.67. The summed E-state index contributed by atoms with van der Waals surface area (Å²) in [7, 11) is 1.68. The van der Waals surface area contributed by atoms with Gasteiger partial charge in [-0.05, 0) is 11.1 Å². The average Bonchev–Trinajstić information content (AvgIpc) is 3.20. The third-order valence-electron chi connectivity index (χ3n) is 5.03. The average molecular weight is 340 g/mol. The summed E-state index contributed by atoms with van der Waals surface area (Å²) in [6.45, 7) is 1.92. The molecule has 1 heterocycles. The Bertz CT molecular complexity index is 660. The van der Waals surface area contributed by atoms with E-state index in [9.17, 15) is 0 Å². The first kappa shape index (κ1) is 16.7. The summed E-state index contributed by atoms with van der Waals surface area (Å²) in [6.07, 6.45) is -0.105. The summed E-state index contributed by atoms with van der Waals surface area (Å²) in [5.41, 5.74) is 2.36. The standard InChI is InChI=1S/C21H24O4/c1-22-21-20(24-13-16-10-6-3-7-11-16)18-17(19(18)25-21)14-23-12-15-8-4-2-5-9-15/h2-11,17-21H,12-14H2,1H3/t17-,18-,19+,20+,21-/m0/s1. The summed E-state index contributed by atoms with van der Waals surface area (Å²) in [5, 5.41) is 0. The molecule has 0 unspecified atom stereocenters. The predicted molar refractivity (Wildman–Crippen MR) is 93.8 cm³/mol. The van der Waals surface area contributed by atoms with Crippen LogP contribution < -0.4 is 0 Å². The van der Waals surface area contributed by atoms with E-state index in [0.29, 0.717) is 31.7 Å². The first-order valence-electron chi connectivity index (χ1n) is 8.82. The molecule has 1 aliphatic carbocycles. The largest absolute Gasteiger partial charge is 0.376 e. The van der Waals surface area contributed by atoms with Gasteiger partial charge in [-0.2, -0.15) is 0 Å². The maximum atomic E-state index is 6.14. The molecule has 0 N–H and O–H groups in total. The molecule has 5 atom stereocenters. The minimum Gasteiger partial charge on any atom is -0.376 e. The van der Waals surface area contributed by atoms with Gasteiger partial charge in [0, 0.05) is 18.9 Å². The van der Waals surface area contributed by atoms with Gasteiger partial charge in [-0.1, -0.05) is 60.7 Å². The Kier molecular flexibility index (Phi) is 5.13. The molecule has 0 radical (unpaired) electrons. The van der Waals surface area contributed by atoms with Crippen LogP contribution in [-0.2, 0) is 32.2 Å². The lowest BCUT2D eigenvalue weighted by Gasteiger charge is -2.23. The van der Waals surface area contributed by atoms with E-state index in [-0.39, 0.29) is 18.5 Å². The number of fused-ring (bicyclic) bond motifs is 1. The Morgan fingerprint density at radius 3 is 2.16 bits per heavy atom. The molecule has 2 aliphatic rings. The minimum absolute atomic E-state index is 0.0273. The van der Waals surface area contributed by atoms with Crippen LogP contribution in [0.1, 0.15) is 11.1 Å². The molecule has 0 spiro atoms. The van der Waals surface area contributed by atoms with Crippen molar-refractivity contribution in [1.82, 2.24) is 0 Å². The molecule has 4 heteroatoms. The molecular formula is C21H24O4. The quantitative estimate of drug-likeness (QED) is 0.738. The molecule has 0 aromatic heterocycles. The summed E-state index contributed by atoms with van der Waals surface area (Å²) in [4.78, 5) is 0. The smallest absolute Gasteiger partial charge is 0.184 e. The fourth-order valence-corrected chi connectivity index (χ4v) is 3.64. The second-order valence-electron chi connectivity index (χ2n) is 6.71. The molecule has 4 nitrogen and oxygen atoms in total. The second-order valence-corrected chi connectivity index (χ2v) is 6.71. The first-order chi connectivity index (χ1) is 12.4. The van der Waals surface area contributed by atoms with E-state index in [1.54, 1.807) is 7.11 Å². The highest BCUT2D eigenvalue weighted by atomic mass is 16.7. The Labute approximate surface area is 148 Å². The Hall–Kier alpha value is -1.72. The van der Waals surface area contributed by atoms with Crippen LogP contribution in [0, 0.1) is 11.8 Å². The molecule has 1 aliphatic heterocycles. The molecule has 0 bridgehead atoms. The zero-order valence-electron chi connectivity index (χ0n) is 14.4. The van der Waals surface area contributed by atoms with Gasteiger partial charge in [0.1, 0.15) is 6.10 Å². The van der Waals surface area contributed by atoms with Crippen LogP contribution in [0.25, 0.3) is 0 Å². The van der Waals surface area contributed by atoms with E-state index in [2.05, 4.69) is 24.3 Å².